The van der Waals surface area contributed by atoms with E-state index in [2.05, 4.69) is 20.7 Å². The lowest BCUT2D eigenvalue weighted by molar-refractivity contribution is -0.158. The van der Waals surface area contributed by atoms with Crippen LogP contribution in [0.2, 0.25) is 0 Å². The van der Waals surface area contributed by atoms with E-state index >= 15 is 0 Å². The molecule has 0 aromatic heterocycles. The van der Waals surface area contributed by atoms with Gasteiger partial charge in [0.1, 0.15) is 11.6 Å². The Bertz CT molecular complexity index is 1220. The van der Waals surface area contributed by atoms with Crippen molar-refractivity contribution in [2.45, 2.75) is 18.4 Å². The standard InChI is InChI=1S/C22H17BrF2N2O7/c1-33-20(31)22(9-17(28)26-21(32)34-2)15-8-13(24)5-6-14(15)18(29)27(19(22)30)10-11-3-4-12(23)7-16(11)25/h3-8H,9-10H2,1-2H3,(H,26,28,32). The van der Waals surface area contributed by atoms with E-state index in [1.165, 1.54) is 12.1 Å². The smallest absolute Gasteiger partial charge is 0.413 e. The molecule has 9 nitrogen and oxygen atoms in total. The van der Waals surface area contributed by atoms with Gasteiger partial charge < -0.3 is 9.47 Å². The van der Waals surface area contributed by atoms with Crippen LogP contribution in [0.1, 0.15) is 27.9 Å². The van der Waals surface area contributed by atoms with Crippen molar-refractivity contribution in [1.82, 2.24) is 10.2 Å². The number of carbonyl (C=O) groups is 5. The van der Waals surface area contributed by atoms with Crippen LogP contribution in [-0.4, -0.2) is 48.9 Å². The van der Waals surface area contributed by atoms with Gasteiger partial charge in [-0.05, 0) is 35.9 Å². The van der Waals surface area contributed by atoms with E-state index in [0.717, 1.165) is 38.5 Å². The minimum atomic E-state index is -2.54. The Morgan fingerprint density at radius 2 is 1.76 bits per heavy atom. The van der Waals surface area contributed by atoms with Crippen molar-refractivity contribution in [2.75, 3.05) is 14.2 Å². The zero-order valence-corrected chi connectivity index (χ0v) is 19.4. The van der Waals surface area contributed by atoms with Crippen molar-refractivity contribution in [3.05, 3.63) is 69.2 Å². The van der Waals surface area contributed by atoms with Crippen LogP contribution in [-0.2, 0) is 35.8 Å². The van der Waals surface area contributed by atoms with Gasteiger partial charge in [-0.2, -0.15) is 0 Å². The maximum absolute atomic E-state index is 14.5. The Kier molecular flexibility index (Phi) is 7.10. The summed E-state index contributed by atoms with van der Waals surface area (Å²) in [6, 6.07) is 6.67. The molecule has 4 amide bonds. The fourth-order valence-corrected chi connectivity index (χ4v) is 4.00. The summed E-state index contributed by atoms with van der Waals surface area (Å²) in [5, 5.41) is 1.82. The number of ether oxygens (including phenoxy) is 2. The van der Waals surface area contributed by atoms with Crippen molar-refractivity contribution in [3.63, 3.8) is 0 Å². The maximum Gasteiger partial charge on any atom is 0.413 e. The molecule has 1 aliphatic heterocycles. The van der Waals surface area contributed by atoms with Crippen LogP contribution in [0.3, 0.4) is 0 Å². The predicted octanol–water partition coefficient (Wildman–Crippen LogP) is 2.59. The number of hydrogen-bond acceptors (Lipinski definition) is 7. The van der Waals surface area contributed by atoms with Gasteiger partial charge in [0.25, 0.3) is 11.8 Å². The number of esters is 1. The van der Waals surface area contributed by atoms with E-state index in [-0.39, 0.29) is 11.1 Å². The Balaban J connectivity index is 2.19. The molecular formula is C22H17BrF2N2O7. The largest absolute Gasteiger partial charge is 0.468 e. The van der Waals surface area contributed by atoms with Crippen molar-refractivity contribution < 1.29 is 42.2 Å². The van der Waals surface area contributed by atoms with Crippen molar-refractivity contribution in [3.8, 4) is 0 Å². The molecule has 1 atom stereocenters. The van der Waals surface area contributed by atoms with E-state index in [4.69, 9.17) is 4.74 Å². The lowest BCUT2D eigenvalue weighted by Gasteiger charge is -2.39. The van der Waals surface area contributed by atoms with Gasteiger partial charge in [-0.15, -0.1) is 0 Å². The minimum Gasteiger partial charge on any atom is -0.468 e. The molecule has 178 valence electrons. The average molecular weight is 539 g/mol. The van der Waals surface area contributed by atoms with E-state index in [1.807, 2.05) is 5.32 Å². The summed E-state index contributed by atoms with van der Waals surface area (Å²) in [5.41, 5.74) is -3.28. The molecule has 0 saturated heterocycles. The molecule has 1 N–H and O–H groups in total. The molecule has 3 rings (SSSR count). The molecule has 2 aromatic rings. The van der Waals surface area contributed by atoms with E-state index in [0.29, 0.717) is 9.37 Å². The molecule has 0 spiro atoms. The number of nitrogens with one attached hydrogen (secondary N) is 1. The van der Waals surface area contributed by atoms with Gasteiger partial charge in [-0.25, -0.2) is 13.6 Å². The third-order valence-electron chi connectivity index (χ3n) is 5.26. The highest BCUT2D eigenvalue weighted by atomic mass is 79.9. The molecule has 34 heavy (non-hydrogen) atoms. The fraction of sp³-hybridized carbons (Fsp3) is 0.227. The number of alkyl carbamates (subject to hydrolysis) is 1. The highest BCUT2D eigenvalue weighted by Crippen LogP contribution is 2.40. The van der Waals surface area contributed by atoms with Crippen molar-refractivity contribution in [2.24, 2.45) is 0 Å². The number of amides is 4. The lowest BCUT2D eigenvalue weighted by atomic mass is 9.71. The molecule has 0 aliphatic carbocycles. The molecule has 1 heterocycles. The number of carbonyl (C=O) groups excluding carboxylic acids is 5. The van der Waals surface area contributed by atoms with Gasteiger partial charge in [-0.1, -0.05) is 22.0 Å². The SMILES string of the molecule is COC(=O)NC(=O)CC1(C(=O)OC)C(=O)N(Cc2ccc(Br)cc2F)C(=O)c2ccc(F)cc21. The first-order chi connectivity index (χ1) is 16.0. The molecule has 12 heteroatoms. The number of imide groups is 2. The van der Waals surface area contributed by atoms with Crippen molar-refractivity contribution >= 4 is 45.7 Å². The third kappa shape index (κ3) is 4.40. The monoisotopic (exact) mass is 538 g/mol. The van der Waals surface area contributed by atoms with Gasteiger partial charge >= 0.3 is 12.1 Å². The fourth-order valence-electron chi connectivity index (χ4n) is 3.67. The Morgan fingerprint density at radius 3 is 2.38 bits per heavy atom. The summed E-state index contributed by atoms with van der Waals surface area (Å²) in [6.45, 7) is -0.592. The van der Waals surface area contributed by atoms with Crippen LogP contribution in [0, 0.1) is 11.6 Å². The van der Waals surface area contributed by atoms with Crippen LogP contribution in [0.4, 0.5) is 13.6 Å². The zero-order chi connectivity index (χ0) is 25.2. The maximum atomic E-state index is 14.5. The van der Waals surface area contributed by atoms with Gasteiger partial charge in [0, 0.05) is 15.6 Å². The second-order valence-corrected chi connectivity index (χ2v) is 8.15. The summed E-state index contributed by atoms with van der Waals surface area (Å²) in [7, 11) is 1.92. The number of nitrogens with zero attached hydrogens (tertiary/aromatic N) is 1. The van der Waals surface area contributed by atoms with Crippen LogP contribution in [0.15, 0.2) is 40.9 Å². The molecule has 0 bridgehead atoms. The third-order valence-corrected chi connectivity index (χ3v) is 5.75. The summed E-state index contributed by atoms with van der Waals surface area (Å²) in [6.07, 6.45) is -2.19. The van der Waals surface area contributed by atoms with Crippen LogP contribution < -0.4 is 5.32 Å². The molecule has 1 aliphatic rings. The number of rotatable bonds is 5. The number of hydrogen-bond donors (Lipinski definition) is 1. The minimum absolute atomic E-state index is 0.0618. The quantitative estimate of drug-likeness (QED) is 0.353. The first-order valence-electron chi connectivity index (χ1n) is 9.61. The van der Waals surface area contributed by atoms with Gasteiger partial charge in [0.05, 0.1) is 27.2 Å². The average Bonchev–Trinajstić information content (AvgIpc) is 2.79. The van der Waals surface area contributed by atoms with Crippen LogP contribution in [0.5, 0.6) is 0 Å². The number of benzene rings is 2. The lowest BCUT2D eigenvalue weighted by Crippen LogP contribution is -2.59. The molecular weight excluding hydrogens is 522 g/mol. The number of fused-ring (bicyclic) bond motifs is 1. The summed E-state index contributed by atoms with van der Waals surface area (Å²) in [5.74, 6) is -6.23. The number of halogens is 3. The summed E-state index contributed by atoms with van der Waals surface area (Å²) >= 11 is 3.11. The van der Waals surface area contributed by atoms with Crippen LogP contribution in [0.25, 0.3) is 0 Å². The van der Waals surface area contributed by atoms with E-state index in [9.17, 15) is 32.8 Å². The number of methoxy groups -OCH3 is 2. The highest BCUT2D eigenvalue weighted by molar-refractivity contribution is 9.10. The Labute approximate surface area is 200 Å². The Morgan fingerprint density at radius 1 is 1.06 bits per heavy atom. The highest BCUT2D eigenvalue weighted by Gasteiger charge is 2.58. The predicted molar refractivity (Wildman–Crippen MR) is 114 cm³/mol. The molecule has 1 unspecified atom stereocenters. The summed E-state index contributed by atoms with van der Waals surface area (Å²) < 4.78 is 38.2. The van der Waals surface area contributed by atoms with Crippen molar-refractivity contribution in [1.29, 1.82) is 0 Å². The normalized spacial score (nSPS) is 17.1. The zero-order valence-electron chi connectivity index (χ0n) is 17.8. The van der Waals surface area contributed by atoms with Gasteiger partial charge in [0.2, 0.25) is 5.91 Å². The second kappa shape index (κ2) is 9.67. The molecule has 0 fully saturated rings. The van der Waals surface area contributed by atoms with Gasteiger partial charge in [0.15, 0.2) is 5.41 Å². The van der Waals surface area contributed by atoms with E-state index < -0.39 is 65.4 Å². The molecule has 2 aromatic carbocycles. The molecule has 0 radical (unpaired) electrons. The summed E-state index contributed by atoms with van der Waals surface area (Å²) in [4.78, 5) is 64.4. The first-order valence-corrected chi connectivity index (χ1v) is 10.4. The molecule has 0 saturated carbocycles. The topological polar surface area (TPSA) is 119 Å². The second-order valence-electron chi connectivity index (χ2n) is 7.24. The van der Waals surface area contributed by atoms with E-state index in [1.54, 1.807) is 0 Å². The Hall–Kier alpha value is -3.67. The first kappa shape index (κ1) is 25.0. The van der Waals surface area contributed by atoms with Crippen LogP contribution >= 0.6 is 15.9 Å². The van der Waals surface area contributed by atoms with Gasteiger partial charge in [-0.3, -0.25) is 29.4 Å².